The number of β-amino-alcohol motifs (C(OH)–C–C–N with tert-alkyl or cyclic N) is 1. The third-order valence-electron chi connectivity index (χ3n) is 5.51. The van der Waals surface area contributed by atoms with Crippen LogP contribution in [0.4, 0.5) is 20.2 Å². The van der Waals surface area contributed by atoms with Crippen molar-refractivity contribution in [2.24, 2.45) is 0 Å². The lowest BCUT2D eigenvalue weighted by molar-refractivity contribution is -0.116. The number of rotatable bonds is 6. The van der Waals surface area contributed by atoms with Crippen molar-refractivity contribution >= 4 is 17.3 Å². The Kier molecular flexibility index (Phi) is 6.15. The maximum atomic E-state index is 14.0. The second-order valence-corrected chi connectivity index (χ2v) is 7.72. The van der Waals surface area contributed by atoms with Gasteiger partial charge in [0.2, 0.25) is 5.91 Å². The number of nitrogens with zero attached hydrogens (tertiary/aromatic N) is 2. The molecule has 160 valence electrons. The number of hydrogen-bond donors (Lipinski definition) is 2. The number of aliphatic hydroxyl groups is 1. The highest BCUT2D eigenvalue weighted by molar-refractivity contribution is 5.93. The molecule has 0 bridgehead atoms. The third kappa shape index (κ3) is 4.88. The lowest BCUT2D eigenvalue weighted by Crippen LogP contribution is -2.49. The molecule has 0 aliphatic carbocycles. The topological polar surface area (TPSA) is 65.0 Å². The smallest absolute Gasteiger partial charge is 0.224 e. The summed E-state index contributed by atoms with van der Waals surface area (Å²) >= 11 is 0. The molecule has 2 N–H and O–H groups in total. The van der Waals surface area contributed by atoms with E-state index in [1.54, 1.807) is 6.07 Å². The van der Waals surface area contributed by atoms with Crippen LogP contribution in [0.3, 0.4) is 0 Å². The molecular weight excluding hydrogens is 392 g/mol. The second-order valence-electron chi connectivity index (χ2n) is 7.72. The van der Waals surface area contributed by atoms with E-state index in [-0.39, 0.29) is 12.5 Å². The zero-order chi connectivity index (χ0) is 21.1. The minimum atomic E-state index is -0.658. The molecule has 4 rings (SSSR count). The van der Waals surface area contributed by atoms with Crippen molar-refractivity contribution in [3.05, 3.63) is 53.6 Å². The van der Waals surface area contributed by atoms with Gasteiger partial charge >= 0.3 is 0 Å². The van der Waals surface area contributed by atoms with Crippen LogP contribution in [0.5, 0.6) is 5.75 Å². The Labute approximate surface area is 174 Å². The van der Waals surface area contributed by atoms with Crippen molar-refractivity contribution in [3.8, 4) is 5.75 Å². The lowest BCUT2D eigenvalue weighted by Gasteiger charge is -2.37. The number of halogens is 2. The van der Waals surface area contributed by atoms with E-state index in [0.717, 1.165) is 17.3 Å². The van der Waals surface area contributed by atoms with Gasteiger partial charge in [-0.05, 0) is 42.3 Å². The van der Waals surface area contributed by atoms with Crippen molar-refractivity contribution in [2.45, 2.75) is 18.9 Å². The second kappa shape index (κ2) is 8.97. The number of ether oxygens (including phenoxy) is 1. The Morgan fingerprint density at radius 2 is 1.87 bits per heavy atom. The first kappa shape index (κ1) is 20.6. The molecule has 2 aliphatic rings. The quantitative estimate of drug-likeness (QED) is 0.756. The van der Waals surface area contributed by atoms with Gasteiger partial charge in [-0.3, -0.25) is 9.69 Å². The first-order chi connectivity index (χ1) is 14.5. The van der Waals surface area contributed by atoms with Gasteiger partial charge < -0.3 is 20.1 Å². The maximum absolute atomic E-state index is 14.0. The Bertz CT molecular complexity index is 916. The van der Waals surface area contributed by atoms with Crippen LogP contribution < -0.4 is 15.0 Å². The molecule has 0 spiro atoms. The van der Waals surface area contributed by atoms with Crippen LogP contribution in [0.25, 0.3) is 0 Å². The van der Waals surface area contributed by atoms with Gasteiger partial charge in [0, 0.05) is 50.9 Å². The van der Waals surface area contributed by atoms with E-state index in [1.807, 2.05) is 17.0 Å². The van der Waals surface area contributed by atoms with Crippen molar-refractivity contribution in [1.82, 2.24) is 4.90 Å². The number of fused-ring (bicyclic) bond motifs is 1. The summed E-state index contributed by atoms with van der Waals surface area (Å²) in [7, 11) is 0. The molecule has 0 radical (unpaired) electrons. The molecule has 2 aromatic carbocycles. The van der Waals surface area contributed by atoms with E-state index in [2.05, 4.69) is 10.2 Å². The van der Waals surface area contributed by atoms with Crippen LogP contribution in [0.1, 0.15) is 12.0 Å². The number of amides is 1. The number of nitrogens with one attached hydrogen (secondary N) is 1. The van der Waals surface area contributed by atoms with E-state index in [1.165, 1.54) is 12.1 Å². The van der Waals surface area contributed by atoms with E-state index >= 15 is 0 Å². The number of aryl methyl sites for hydroxylation is 1. The highest BCUT2D eigenvalue weighted by Crippen LogP contribution is 2.27. The maximum Gasteiger partial charge on any atom is 0.224 e. The summed E-state index contributed by atoms with van der Waals surface area (Å²) < 4.78 is 32.8. The van der Waals surface area contributed by atoms with Gasteiger partial charge in [0.1, 0.15) is 30.1 Å². The van der Waals surface area contributed by atoms with Crippen molar-refractivity contribution in [3.63, 3.8) is 0 Å². The Hall–Kier alpha value is -2.71. The summed E-state index contributed by atoms with van der Waals surface area (Å²) in [5, 5.41) is 13.2. The summed E-state index contributed by atoms with van der Waals surface area (Å²) in [6.45, 7) is 3.18. The largest absolute Gasteiger partial charge is 0.491 e. The standard InChI is InChI=1S/C22H25F2N3O3/c23-16-2-5-21(19(24)12-16)27-9-7-26(8-10-27)13-17(28)14-30-18-3-4-20-15(11-18)1-6-22(29)25-20/h2-5,11-12,17,28H,1,6-10,13-14H2,(H,25,29)/t17-/m0/s1. The summed E-state index contributed by atoms with van der Waals surface area (Å²) in [4.78, 5) is 15.4. The van der Waals surface area contributed by atoms with E-state index < -0.39 is 17.7 Å². The number of aliphatic hydroxyl groups excluding tert-OH is 1. The predicted octanol–water partition coefficient (Wildman–Crippen LogP) is 2.41. The molecule has 1 fully saturated rings. The van der Waals surface area contributed by atoms with Crippen molar-refractivity contribution in [2.75, 3.05) is 49.5 Å². The highest BCUT2D eigenvalue weighted by Gasteiger charge is 2.22. The van der Waals surface area contributed by atoms with Crippen LogP contribution in [-0.4, -0.2) is 61.3 Å². The van der Waals surface area contributed by atoms with Gasteiger partial charge in [-0.2, -0.15) is 0 Å². The third-order valence-corrected chi connectivity index (χ3v) is 5.51. The molecule has 2 aromatic rings. The van der Waals surface area contributed by atoms with E-state index in [9.17, 15) is 18.7 Å². The van der Waals surface area contributed by atoms with Crippen LogP contribution in [0.2, 0.25) is 0 Å². The van der Waals surface area contributed by atoms with Crippen molar-refractivity contribution < 1.29 is 23.4 Å². The normalized spacial score (nSPS) is 18.0. The summed E-state index contributed by atoms with van der Waals surface area (Å²) in [6, 6.07) is 9.14. The molecule has 6 nitrogen and oxygen atoms in total. The van der Waals surface area contributed by atoms with Crippen LogP contribution in [0, 0.1) is 11.6 Å². The average molecular weight is 417 g/mol. The fraction of sp³-hybridized carbons (Fsp3) is 0.409. The minimum Gasteiger partial charge on any atom is -0.491 e. The first-order valence-electron chi connectivity index (χ1n) is 10.1. The van der Waals surface area contributed by atoms with Gasteiger partial charge in [-0.15, -0.1) is 0 Å². The molecular formula is C22H25F2N3O3. The van der Waals surface area contributed by atoms with Gasteiger partial charge in [0.25, 0.3) is 0 Å². The summed E-state index contributed by atoms with van der Waals surface area (Å²) in [5.41, 5.74) is 2.25. The number of benzene rings is 2. The monoisotopic (exact) mass is 417 g/mol. The molecule has 30 heavy (non-hydrogen) atoms. The van der Waals surface area contributed by atoms with Crippen molar-refractivity contribution in [1.29, 1.82) is 0 Å². The summed E-state index contributed by atoms with van der Waals surface area (Å²) in [5.74, 6) is -0.447. The van der Waals surface area contributed by atoms with Crippen LogP contribution in [0.15, 0.2) is 36.4 Å². The van der Waals surface area contributed by atoms with Gasteiger partial charge in [0.05, 0.1) is 5.69 Å². The molecule has 0 saturated carbocycles. The Balaban J connectivity index is 1.23. The molecule has 8 heteroatoms. The molecule has 1 saturated heterocycles. The SMILES string of the molecule is O=C1CCc2cc(OC[C@@H](O)CN3CCN(c4ccc(F)cc4F)CC3)ccc2N1. The van der Waals surface area contributed by atoms with Crippen LogP contribution in [-0.2, 0) is 11.2 Å². The first-order valence-corrected chi connectivity index (χ1v) is 10.1. The number of piperazine rings is 1. The average Bonchev–Trinajstić information content (AvgIpc) is 2.73. The van der Waals surface area contributed by atoms with Gasteiger partial charge in [-0.25, -0.2) is 8.78 Å². The minimum absolute atomic E-state index is 0.0221. The van der Waals surface area contributed by atoms with Crippen LogP contribution >= 0.6 is 0 Å². The van der Waals surface area contributed by atoms with Gasteiger partial charge in [0.15, 0.2) is 0 Å². The molecule has 2 heterocycles. The highest BCUT2D eigenvalue weighted by atomic mass is 19.1. The Morgan fingerprint density at radius 1 is 1.07 bits per heavy atom. The molecule has 2 aliphatic heterocycles. The number of anilines is 2. The number of carbonyl (C=O) groups is 1. The molecule has 1 amide bonds. The molecule has 1 atom stereocenters. The molecule has 0 unspecified atom stereocenters. The van der Waals surface area contributed by atoms with E-state index in [4.69, 9.17) is 4.74 Å². The lowest BCUT2D eigenvalue weighted by atomic mass is 10.0. The number of hydrogen-bond acceptors (Lipinski definition) is 5. The Morgan fingerprint density at radius 3 is 2.63 bits per heavy atom. The summed E-state index contributed by atoms with van der Waals surface area (Å²) in [6.07, 6.45) is 0.488. The molecule has 0 aromatic heterocycles. The zero-order valence-electron chi connectivity index (χ0n) is 16.6. The fourth-order valence-corrected chi connectivity index (χ4v) is 3.90. The predicted molar refractivity (Wildman–Crippen MR) is 110 cm³/mol. The van der Waals surface area contributed by atoms with Gasteiger partial charge in [-0.1, -0.05) is 0 Å². The van der Waals surface area contributed by atoms with E-state index in [0.29, 0.717) is 57.0 Å². The number of carbonyl (C=O) groups excluding carboxylic acids is 1. The zero-order valence-corrected chi connectivity index (χ0v) is 16.6. The fourth-order valence-electron chi connectivity index (χ4n) is 3.90.